The predicted molar refractivity (Wildman–Crippen MR) is 71.7 cm³/mol. The maximum Gasteiger partial charge on any atom is 0.488 e. The first-order valence-corrected chi connectivity index (χ1v) is 5.87. The fourth-order valence-electron chi connectivity index (χ4n) is 1.71. The summed E-state index contributed by atoms with van der Waals surface area (Å²) >= 11 is 0. The number of ether oxygens (including phenoxy) is 1. The Hall–Kier alpha value is -2.36. The molecule has 0 aliphatic carbocycles. The molecule has 0 saturated carbocycles. The molecular formula is C14H11BFNO3. The third kappa shape index (κ3) is 3.57. The molecule has 0 aromatic heterocycles. The summed E-state index contributed by atoms with van der Waals surface area (Å²) in [7, 11) is -1.75. The van der Waals surface area contributed by atoms with Crippen molar-refractivity contribution in [1.29, 1.82) is 5.26 Å². The summed E-state index contributed by atoms with van der Waals surface area (Å²) < 4.78 is 18.7. The van der Waals surface area contributed by atoms with Crippen molar-refractivity contribution in [3.63, 3.8) is 0 Å². The van der Waals surface area contributed by atoms with Gasteiger partial charge in [-0.2, -0.15) is 5.26 Å². The van der Waals surface area contributed by atoms with Gasteiger partial charge in [0.1, 0.15) is 18.2 Å². The van der Waals surface area contributed by atoms with Crippen LogP contribution in [-0.2, 0) is 6.61 Å². The van der Waals surface area contributed by atoms with Gasteiger partial charge in [-0.1, -0.05) is 12.1 Å². The Morgan fingerprint density at radius 2 is 2.00 bits per heavy atom. The van der Waals surface area contributed by atoms with E-state index < -0.39 is 12.9 Å². The summed E-state index contributed by atoms with van der Waals surface area (Å²) in [6.45, 7) is 0.153. The molecule has 6 heteroatoms. The van der Waals surface area contributed by atoms with Gasteiger partial charge >= 0.3 is 7.12 Å². The molecule has 0 spiro atoms. The summed E-state index contributed by atoms with van der Waals surface area (Å²) in [4.78, 5) is 0. The van der Waals surface area contributed by atoms with Crippen molar-refractivity contribution >= 4 is 12.6 Å². The molecule has 2 aromatic rings. The molecule has 20 heavy (non-hydrogen) atoms. The van der Waals surface area contributed by atoms with Gasteiger partial charge < -0.3 is 14.8 Å². The zero-order valence-corrected chi connectivity index (χ0v) is 10.5. The number of benzene rings is 2. The van der Waals surface area contributed by atoms with Crippen LogP contribution in [0.4, 0.5) is 4.39 Å². The Labute approximate surface area is 115 Å². The van der Waals surface area contributed by atoms with E-state index in [-0.39, 0.29) is 17.8 Å². The van der Waals surface area contributed by atoms with Gasteiger partial charge in [-0.05, 0) is 35.3 Å². The van der Waals surface area contributed by atoms with Crippen LogP contribution in [0, 0.1) is 17.1 Å². The number of rotatable bonds is 4. The topological polar surface area (TPSA) is 73.5 Å². The van der Waals surface area contributed by atoms with Crippen LogP contribution in [0.2, 0.25) is 0 Å². The summed E-state index contributed by atoms with van der Waals surface area (Å²) in [6.07, 6.45) is 0. The van der Waals surface area contributed by atoms with E-state index >= 15 is 0 Å². The molecule has 0 aliphatic heterocycles. The van der Waals surface area contributed by atoms with E-state index in [1.807, 2.05) is 6.07 Å². The molecule has 0 amide bonds. The Morgan fingerprint density at radius 3 is 2.70 bits per heavy atom. The standard InChI is InChI=1S/C14H11BFNO3/c16-13-5-12(15(18)19)6-14(7-13)20-9-11-3-1-2-10(4-11)8-17/h1-7,18-19H,9H2. The van der Waals surface area contributed by atoms with E-state index in [0.717, 1.165) is 17.7 Å². The molecule has 0 unspecified atom stereocenters. The number of hydrogen-bond donors (Lipinski definition) is 2. The molecule has 0 aliphatic rings. The number of hydrogen-bond acceptors (Lipinski definition) is 4. The molecule has 0 atom stereocenters. The Morgan fingerprint density at radius 1 is 1.20 bits per heavy atom. The van der Waals surface area contributed by atoms with Crippen molar-refractivity contribution in [1.82, 2.24) is 0 Å². The highest BCUT2D eigenvalue weighted by molar-refractivity contribution is 6.58. The molecular weight excluding hydrogens is 260 g/mol. The van der Waals surface area contributed by atoms with Gasteiger partial charge in [0.2, 0.25) is 0 Å². The maximum atomic E-state index is 13.3. The molecule has 2 aromatic carbocycles. The Balaban J connectivity index is 2.12. The predicted octanol–water partition coefficient (Wildman–Crippen LogP) is 0.956. The lowest BCUT2D eigenvalue weighted by molar-refractivity contribution is 0.304. The third-order valence-electron chi connectivity index (χ3n) is 2.65. The third-order valence-corrected chi connectivity index (χ3v) is 2.65. The van der Waals surface area contributed by atoms with Gasteiger partial charge in [-0.25, -0.2) is 4.39 Å². The van der Waals surface area contributed by atoms with Gasteiger partial charge in [0.25, 0.3) is 0 Å². The van der Waals surface area contributed by atoms with Gasteiger partial charge in [-0.3, -0.25) is 0 Å². The van der Waals surface area contributed by atoms with Gasteiger partial charge in [0.05, 0.1) is 11.6 Å². The Kier molecular flexibility index (Phi) is 4.36. The SMILES string of the molecule is N#Cc1cccc(COc2cc(F)cc(B(O)O)c2)c1. The highest BCUT2D eigenvalue weighted by Gasteiger charge is 2.13. The molecule has 4 nitrogen and oxygen atoms in total. The van der Waals surface area contributed by atoms with Crippen LogP contribution in [0.25, 0.3) is 0 Å². The zero-order valence-electron chi connectivity index (χ0n) is 10.5. The summed E-state index contributed by atoms with van der Waals surface area (Å²) in [6, 6.07) is 12.4. The van der Waals surface area contributed by atoms with Crippen LogP contribution in [0.15, 0.2) is 42.5 Å². The average Bonchev–Trinajstić information content (AvgIpc) is 2.44. The van der Waals surface area contributed by atoms with E-state index in [0.29, 0.717) is 5.56 Å². The molecule has 0 bridgehead atoms. The minimum absolute atomic E-state index is 0.0192. The second kappa shape index (κ2) is 6.19. The summed E-state index contributed by atoms with van der Waals surface area (Å²) in [5.74, 6) is -0.424. The normalized spacial score (nSPS) is 9.90. The second-order valence-electron chi connectivity index (χ2n) is 4.19. The Bertz CT molecular complexity index is 655. The minimum atomic E-state index is -1.75. The van der Waals surface area contributed by atoms with Crippen LogP contribution in [0.5, 0.6) is 5.75 Å². The highest BCUT2D eigenvalue weighted by Crippen LogP contribution is 2.14. The lowest BCUT2D eigenvalue weighted by atomic mass is 9.80. The molecule has 0 saturated heterocycles. The number of nitrogens with zero attached hydrogens (tertiary/aromatic N) is 1. The molecule has 100 valence electrons. The van der Waals surface area contributed by atoms with E-state index in [2.05, 4.69) is 0 Å². The molecule has 0 radical (unpaired) electrons. The molecule has 0 heterocycles. The monoisotopic (exact) mass is 271 g/mol. The van der Waals surface area contributed by atoms with E-state index in [1.54, 1.807) is 24.3 Å². The first kappa shape index (κ1) is 14.1. The van der Waals surface area contributed by atoms with Crippen LogP contribution >= 0.6 is 0 Å². The van der Waals surface area contributed by atoms with Gasteiger partial charge in [0.15, 0.2) is 0 Å². The van der Waals surface area contributed by atoms with Crippen molar-refractivity contribution in [2.24, 2.45) is 0 Å². The van der Waals surface area contributed by atoms with Crippen molar-refractivity contribution in [2.75, 3.05) is 0 Å². The maximum absolute atomic E-state index is 13.3. The van der Waals surface area contributed by atoms with E-state index in [4.69, 9.17) is 20.0 Å². The highest BCUT2D eigenvalue weighted by atomic mass is 19.1. The summed E-state index contributed by atoms with van der Waals surface area (Å²) in [5, 5.41) is 26.8. The smallest absolute Gasteiger partial charge is 0.488 e. The minimum Gasteiger partial charge on any atom is -0.489 e. The van der Waals surface area contributed by atoms with Gasteiger partial charge in [-0.15, -0.1) is 0 Å². The van der Waals surface area contributed by atoms with Crippen molar-refractivity contribution in [3.8, 4) is 11.8 Å². The van der Waals surface area contributed by atoms with Crippen molar-refractivity contribution in [3.05, 3.63) is 59.4 Å². The second-order valence-corrected chi connectivity index (χ2v) is 4.19. The molecule has 2 rings (SSSR count). The van der Waals surface area contributed by atoms with Crippen LogP contribution in [-0.4, -0.2) is 17.2 Å². The zero-order chi connectivity index (χ0) is 14.5. The fraction of sp³-hybridized carbons (Fsp3) is 0.0714. The first-order chi connectivity index (χ1) is 9.58. The average molecular weight is 271 g/mol. The molecule has 2 N–H and O–H groups in total. The van der Waals surface area contributed by atoms with E-state index in [9.17, 15) is 4.39 Å². The number of halogens is 1. The van der Waals surface area contributed by atoms with Crippen LogP contribution in [0.1, 0.15) is 11.1 Å². The van der Waals surface area contributed by atoms with Crippen LogP contribution in [0.3, 0.4) is 0 Å². The molecule has 0 fully saturated rings. The lowest BCUT2D eigenvalue weighted by Gasteiger charge is -2.08. The first-order valence-electron chi connectivity index (χ1n) is 5.87. The summed E-state index contributed by atoms with van der Waals surface area (Å²) in [5.41, 5.74) is 1.29. The van der Waals surface area contributed by atoms with Crippen LogP contribution < -0.4 is 10.2 Å². The van der Waals surface area contributed by atoms with Gasteiger partial charge in [0, 0.05) is 6.07 Å². The largest absolute Gasteiger partial charge is 0.489 e. The van der Waals surface area contributed by atoms with Crippen molar-refractivity contribution < 1.29 is 19.2 Å². The number of nitriles is 1. The van der Waals surface area contributed by atoms with E-state index in [1.165, 1.54) is 6.07 Å². The fourth-order valence-corrected chi connectivity index (χ4v) is 1.71. The quantitative estimate of drug-likeness (QED) is 0.812. The lowest BCUT2D eigenvalue weighted by Crippen LogP contribution is -2.30. The van der Waals surface area contributed by atoms with Crippen molar-refractivity contribution in [2.45, 2.75) is 6.61 Å².